The smallest absolute Gasteiger partial charge is 0.214 e. The molecule has 1 unspecified atom stereocenters. The summed E-state index contributed by atoms with van der Waals surface area (Å²) < 4.78 is 1.74. The number of benzene rings is 1. The lowest BCUT2D eigenvalue weighted by Crippen LogP contribution is -2.16. The molecule has 0 fully saturated rings. The quantitative estimate of drug-likeness (QED) is 0.813. The van der Waals surface area contributed by atoms with Crippen LogP contribution in [0.15, 0.2) is 35.5 Å². The van der Waals surface area contributed by atoms with E-state index in [9.17, 15) is 0 Å². The van der Waals surface area contributed by atoms with Crippen LogP contribution in [0.3, 0.4) is 0 Å². The summed E-state index contributed by atoms with van der Waals surface area (Å²) in [6.45, 7) is 2.74. The molecule has 0 saturated carbocycles. The standard InChI is InChI=1S/C11H15N5S/c1-2-10(8-12)17-11-13-14-15-16(11)9-6-4-3-5-7-9/h3-7,10H,2,8,12H2,1H3. The van der Waals surface area contributed by atoms with Crippen LogP contribution in [0.25, 0.3) is 5.69 Å². The molecule has 2 N–H and O–H groups in total. The largest absolute Gasteiger partial charge is 0.329 e. The van der Waals surface area contributed by atoms with Gasteiger partial charge in [0.05, 0.1) is 5.69 Å². The summed E-state index contributed by atoms with van der Waals surface area (Å²) in [5, 5.41) is 12.9. The number of nitrogens with two attached hydrogens (primary N) is 1. The fraction of sp³-hybridized carbons (Fsp3) is 0.364. The maximum absolute atomic E-state index is 5.69. The molecule has 90 valence electrons. The number of hydrogen-bond acceptors (Lipinski definition) is 5. The second-order valence-corrected chi connectivity index (χ2v) is 4.86. The van der Waals surface area contributed by atoms with Gasteiger partial charge in [-0.05, 0) is 29.0 Å². The lowest BCUT2D eigenvalue weighted by Gasteiger charge is -2.10. The Balaban J connectivity index is 2.23. The summed E-state index contributed by atoms with van der Waals surface area (Å²) in [6, 6.07) is 9.85. The molecule has 17 heavy (non-hydrogen) atoms. The Hall–Kier alpha value is -1.40. The molecular formula is C11H15N5S. The number of tetrazole rings is 1. The molecule has 2 rings (SSSR count). The minimum Gasteiger partial charge on any atom is -0.329 e. The van der Waals surface area contributed by atoms with Crippen LogP contribution < -0.4 is 5.73 Å². The fourth-order valence-corrected chi connectivity index (χ4v) is 2.32. The van der Waals surface area contributed by atoms with Crippen molar-refractivity contribution in [1.29, 1.82) is 0 Å². The zero-order chi connectivity index (χ0) is 12.1. The normalized spacial score (nSPS) is 12.6. The Morgan fingerprint density at radius 3 is 2.76 bits per heavy atom. The van der Waals surface area contributed by atoms with Crippen molar-refractivity contribution in [3.63, 3.8) is 0 Å². The molecule has 0 spiro atoms. The minimum absolute atomic E-state index is 0.350. The molecule has 2 aromatic rings. The van der Waals surface area contributed by atoms with E-state index in [1.165, 1.54) is 0 Å². The highest BCUT2D eigenvalue weighted by Crippen LogP contribution is 2.23. The highest BCUT2D eigenvalue weighted by atomic mass is 32.2. The molecule has 0 saturated heterocycles. The van der Waals surface area contributed by atoms with Crippen LogP contribution in [0.1, 0.15) is 13.3 Å². The second kappa shape index (κ2) is 5.79. The Kier molecular flexibility index (Phi) is 4.11. The van der Waals surface area contributed by atoms with Crippen LogP contribution in [-0.4, -0.2) is 32.0 Å². The van der Waals surface area contributed by atoms with E-state index >= 15 is 0 Å². The van der Waals surface area contributed by atoms with E-state index in [0.29, 0.717) is 11.8 Å². The van der Waals surface area contributed by atoms with Crippen molar-refractivity contribution >= 4 is 11.8 Å². The van der Waals surface area contributed by atoms with Gasteiger partial charge in [0.2, 0.25) is 5.16 Å². The summed E-state index contributed by atoms with van der Waals surface area (Å²) >= 11 is 1.62. The van der Waals surface area contributed by atoms with Gasteiger partial charge in [0.25, 0.3) is 0 Å². The molecular weight excluding hydrogens is 234 g/mol. The predicted octanol–water partition coefficient (Wildman–Crippen LogP) is 1.49. The molecule has 0 bridgehead atoms. The maximum Gasteiger partial charge on any atom is 0.214 e. The van der Waals surface area contributed by atoms with Crippen molar-refractivity contribution in [1.82, 2.24) is 20.2 Å². The number of aromatic nitrogens is 4. The summed E-state index contributed by atoms with van der Waals surface area (Å²) in [5.74, 6) is 0. The SMILES string of the molecule is CCC(CN)Sc1nnnn1-c1ccccc1. The van der Waals surface area contributed by atoms with Gasteiger partial charge >= 0.3 is 0 Å². The van der Waals surface area contributed by atoms with E-state index in [2.05, 4.69) is 22.4 Å². The number of thioether (sulfide) groups is 1. The maximum atomic E-state index is 5.69. The van der Waals surface area contributed by atoms with Gasteiger partial charge in [-0.1, -0.05) is 36.9 Å². The number of para-hydroxylation sites is 1. The minimum atomic E-state index is 0.350. The van der Waals surface area contributed by atoms with Gasteiger partial charge in [-0.3, -0.25) is 0 Å². The lowest BCUT2D eigenvalue weighted by atomic mass is 10.3. The average Bonchev–Trinajstić information content (AvgIpc) is 2.85. The molecule has 1 atom stereocenters. The highest BCUT2D eigenvalue weighted by molar-refractivity contribution is 7.99. The number of nitrogens with zero attached hydrogens (tertiary/aromatic N) is 4. The fourth-order valence-electron chi connectivity index (χ4n) is 1.43. The summed E-state index contributed by atoms with van der Waals surface area (Å²) in [6.07, 6.45) is 1.00. The zero-order valence-corrected chi connectivity index (χ0v) is 10.5. The van der Waals surface area contributed by atoms with Crippen LogP contribution in [0.2, 0.25) is 0 Å². The monoisotopic (exact) mass is 249 g/mol. The van der Waals surface area contributed by atoms with Crippen LogP contribution in [-0.2, 0) is 0 Å². The lowest BCUT2D eigenvalue weighted by molar-refractivity contribution is 0.749. The number of hydrogen-bond donors (Lipinski definition) is 1. The first kappa shape index (κ1) is 12.1. The van der Waals surface area contributed by atoms with Crippen molar-refractivity contribution in [3.05, 3.63) is 30.3 Å². The Morgan fingerprint density at radius 2 is 2.12 bits per heavy atom. The van der Waals surface area contributed by atoms with E-state index in [4.69, 9.17) is 5.73 Å². The summed E-state index contributed by atoms with van der Waals surface area (Å²) in [4.78, 5) is 0. The van der Waals surface area contributed by atoms with Crippen molar-refractivity contribution in [3.8, 4) is 5.69 Å². The van der Waals surface area contributed by atoms with E-state index in [0.717, 1.165) is 17.3 Å². The molecule has 1 heterocycles. The average molecular weight is 249 g/mol. The Morgan fingerprint density at radius 1 is 1.35 bits per heavy atom. The Labute approximate surface area is 104 Å². The topological polar surface area (TPSA) is 69.6 Å². The zero-order valence-electron chi connectivity index (χ0n) is 9.65. The van der Waals surface area contributed by atoms with E-state index < -0.39 is 0 Å². The van der Waals surface area contributed by atoms with Gasteiger partial charge in [0, 0.05) is 11.8 Å². The van der Waals surface area contributed by atoms with Crippen molar-refractivity contribution < 1.29 is 0 Å². The second-order valence-electron chi connectivity index (χ2n) is 3.59. The molecule has 0 aliphatic carbocycles. The van der Waals surface area contributed by atoms with Gasteiger partial charge in [0.1, 0.15) is 0 Å². The first-order chi connectivity index (χ1) is 8.35. The molecule has 0 aliphatic heterocycles. The van der Waals surface area contributed by atoms with Crippen LogP contribution in [0, 0.1) is 0 Å². The van der Waals surface area contributed by atoms with Crippen LogP contribution >= 0.6 is 11.8 Å². The summed E-state index contributed by atoms with van der Waals surface area (Å²) in [7, 11) is 0. The number of rotatable bonds is 5. The van der Waals surface area contributed by atoms with Crippen molar-refractivity contribution in [2.24, 2.45) is 5.73 Å². The van der Waals surface area contributed by atoms with Gasteiger partial charge in [0.15, 0.2) is 0 Å². The Bertz CT molecular complexity index is 452. The van der Waals surface area contributed by atoms with E-state index in [-0.39, 0.29) is 0 Å². The van der Waals surface area contributed by atoms with Crippen LogP contribution in [0.4, 0.5) is 0 Å². The highest BCUT2D eigenvalue weighted by Gasteiger charge is 2.13. The van der Waals surface area contributed by atoms with Crippen molar-refractivity contribution in [2.45, 2.75) is 23.8 Å². The first-order valence-corrected chi connectivity index (χ1v) is 6.43. The van der Waals surface area contributed by atoms with Crippen molar-refractivity contribution in [2.75, 3.05) is 6.54 Å². The van der Waals surface area contributed by atoms with Crippen LogP contribution in [0.5, 0.6) is 0 Å². The molecule has 1 aromatic heterocycles. The molecule has 6 heteroatoms. The predicted molar refractivity (Wildman–Crippen MR) is 68.1 cm³/mol. The van der Waals surface area contributed by atoms with Gasteiger partial charge in [-0.15, -0.1) is 5.10 Å². The van der Waals surface area contributed by atoms with Gasteiger partial charge in [-0.2, -0.15) is 4.68 Å². The summed E-state index contributed by atoms with van der Waals surface area (Å²) in [5.41, 5.74) is 6.65. The third kappa shape index (κ3) is 2.83. The molecule has 1 aromatic carbocycles. The third-order valence-electron chi connectivity index (χ3n) is 2.43. The van der Waals surface area contributed by atoms with Gasteiger partial charge < -0.3 is 5.73 Å². The third-order valence-corrected chi connectivity index (χ3v) is 3.76. The molecule has 5 nitrogen and oxygen atoms in total. The first-order valence-electron chi connectivity index (χ1n) is 5.55. The molecule has 0 aliphatic rings. The van der Waals surface area contributed by atoms with Gasteiger partial charge in [-0.25, -0.2) is 0 Å². The van der Waals surface area contributed by atoms with E-state index in [1.54, 1.807) is 16.4 Å². The molecule has 0 radical (unpaired) electrons. The molecule has 0 amide bonds. The van der Waals surface area contributed by atoms with E-state index in [1.807, 2.05) is 30.3 Å².